The molecule has 0 aliphatic rings. The Morgan fingerprint density at radius 1 is 0.923 bits per heavy atom. The number of rotatable bonds is 11. The Morgan fingerprint density at radius 3 is 1.92 bits per heavy atom. The molecule has 0 rings (SSSR count). The number of aliphatic carboxylic acids is 2. The number of carboxylic acid groups (broad SMARTS) is 2. The van der Waals surface area contributed by atoms with Gasteiger partial charge in [0.2, 0.25) is 17.7 Å². The zero-order chi connectivity index (χ0) is 20.4. The maximum atomic E-state index is 12.1. The summed E-state index contributed by atoms with van der Waals surface area (Å²) in [6.45, 7) is 2.57. The molecule has 4 unspecified atom stereocenters. The van der Waals surface area contributed by atoms with Crippen LogP contribution in [0.25, 0.3) is 0 Å². The zero-order valence-corrected chi connectivity index (χ0v) is 15.3. The average Bonchev–Trinajstić information content (AvgIpc) is 2.56. The van der Waals surface area contributed by atoms with Crippen molar-refractivity contribution in [3.63, 3.8) is 0 Å². The molecule has 11 nitrogen and oxygen atoms in total. The summed E-state index contributed by atoms with van der Waals surface area (Å²) in [6, 6.07) is -4.47. The van der Waals surface area contributed by atoms with Crippen molar-refractivity contribution in [2.24, 2.45) is 5.73 Å². The summed E-state index contributed by atoms with van der Waals surface area (Å²) >= 11 is 3.86. The van der Waals surface area contributed by atoms with Crippen LogP contribution in [0.3, 0.4) is 0 Å². The number of carbonyl (C=O) groups excluding carboxylic acids is 3. The third-order valence-corrected chi connectivity index (χ3v) is 3.69. The lowest BCUT2D eigenvalue weighted by molar-refractivity contribution is -0.142. The second-order valence-electron chi connectivity index (χ2n) is 5.58. The summed E-state index contributed by atoms with van der Waals surface area (Å²) in [5.41, 5.74) is 5.47. The Hall–Kier alpha value is -2.34. The van der Waals surface area contributed by atoms with Crippen molar-refractivity contribution in [3.8, 4) is 0 Å². The molecule has 12 heteroatoms. The largest absolute Gasteiger partial charge is 0.481 e. The average molecular weight is 392 g/mol. The predicted octanol–water partition coefficient (Wildman–Crippen LogP) is -2.31. The van der Waals surface area contributed by atoms with E-state index in [-0.39, 0.29) is 12.2 Å². The van der Waals surface area contributed by atoms with Gasteiger partial charge in [0.15, 0.2) is 0 Å². The SMILES string of the molecule is CC(NC(=O)C(CCC(=O)O)NC(=O)C(C)NC(=O)C(N)CS)C(=O)O. The first-order valence-corrected chi connectivity index (χ1v) is 8.35. The van der Waals surface area contributed by atoms with Gasteiger partial charge in [-0.25, -0.2) is 0 Å². The van der Waals surface area contributed by atoms with Crippen molar-refractivity contribution in [3.05, 3.63) is 0 Å². The van der Waals surface area contributed by atoms with Gasteiger partial charge in [-0.2, -0.15) is 12.6 Å². The molecule has 7 N–H and O–H groups in total. The fourth-order valence-electron chi connectivity index (χ4n) is 1.68. The molecule has 26 heavy (non-hydrogen) atoms. The minimum Gasteiger partial charge on any atom is -0.481 e. The van der Waals surface area contributed by atoms with E-state index in [0.717, 1.165) is 0 Å². The van der Waals surface area contributed by atoms with Crippen molar-refractivity contribution in [1.82, 2.24) is 16.0 Å². The maximum absolute atomic E-state index is 12.1. The standard InChI is InChI=1S/C14H24N4O7S/c1-6(16-12(22)8(15)5-26)11(21)18-9(3-4-10(19)20)13(23)17-7(2)14(24)25/h6-9,26H,3-5,15H2,1-2H3,(H,16,22)(H,17,23)(H,18,21)(H,19,20)(H,24,25). The minimum atomic E-state index is -1.29. The first-order valence-electron chi connectivity index (χ1n) is 7.71. The molecule has 0 spiro atoms. The highest BCUT2D eigenvalue weighted by molar-refractivity contribution is 7.80. The number of nitrogens with one attached hydrogen (secondary N) is 3. The van der Waals surface area contributed by atoms with E-state index in [1.54, 1.807) is 0 Å². The van der Waals surface area contributed by atoms with Crippen LogP contribution < -0.4 is 21.7 Å². The van der Waals surface area contributed by atoms with Crippen LogP contribution in [-0.4, -0.2) is 69.8 Å². The number of hydrogen-bond donors (Lipinski definition) is 7. The molecule has 0 radical (unpaired) electrons. The Balaban J connectivity index is 4.95. The zero-order valence-electron chi connectivity index (χ0n) is 14.4. The Bertz CT molecular complexity index is 557. The molecule has 0 saturated heterocycles. The predicted molar refractivity (Wildman–Crippen MR) is 93.5 cm³/mol. The lowest BCUT2D eigenvalue weighted by atomic mass is 10.1. The lowest BCUT2D eigenvalue weighted by Crippen LogP contribution is -2.56. The van der Waals surface area contributed by atoms with Gasteiger partial charge in [-0.1, -0.05) is 0 Å². The van der Waals surface area contributed by atoms with Crippen molar-refractivity contribution >= 4 is 42.3 Å². The monoisotopic (exact) mass is 392 g/mol. The molecule has 3 amide bonds. The molecule has 0 aromatic rings. The number of thiol groups is 1. The molecule has 4 atom stereocenters. The fourth-order valence-corrected chi connectivity index (χ4v) is 1.84. The summed E-state index contributed by atoms with van der Waals surface area (Å²) in [7, 11) is 0. The van der Waals surface area contributed by atoms with E-state index in [1.165, 1.54) is 13.8 Å². The Morgan fingerprint density at radius 2 is 1.46 bits per heavy atom. The van der Waals surface area contributed by atoms with Gasteiger partial charge in [-0.05, 0) is 20.3 Å². The molecule has 0 bridgehead atoms. The topological polar surface area (TPSA) is 188 Å². The van der Waals surface area contributed by atoms with E-state index < -0.39 is 60.2 Å². The number of amides is 3. The van der Waals surface area contributed by atoms with Gasteiger partial charge in [-0.3, -0.25) is 24.0 Å². The summed E-state index contributed by atoms with van der Waals surface area (Å²) in [6.07, 6.45) is -0.679. The lowest BCUT2D eigenvalue weighted by Gasteiger charge is -2.22. The van der Waals surface area contributed by atoms with Gasteiger partial charge < -0.3 is 31.9 Å². The number of carboxylic acids is 2. The maximum Gasteiger partial charge on any atom is 0.325 e. The van der Waals surface area contributed by atoms with Gasteiger partial charge >= 0.3 is 11.9 Å². The van der Waals surface area contributed by atoms with Gasteiger partial charge in [0.1, 0.15) is 18.1 Å². The second kappa shape index (κ2) is 11.3. The molecule has 0 aliphatic heterocycles. The van der Waals surface area contributed by atoms with Crippen molar-refractivity contribution in [2.45, 2.75) is 50.9 Å². The molecule has 0 aliphatic carbocycles. The highest BCUT2D eigenvalue weighted by Gasteiger charge is 2.27. The number of nitrogens with two attached hydrogens (primary N) is 1. The highest BCUT2D eigenvalue weighted by atomic mass is 32.1. The smallest absolute Gasteiger partial charge is 0.325 e. The Kier molecular flexibility index (Phi) is 10.3. The third kappa shape index (κ3) is 8.67. The van der Waals surface area contributed by atoms with E-state index in [4.69, 9.17) is 15.9 Å². The highest BCUT2D eigenvalue weighted by Crippen LogP contribution is 2.01. The van der Waals surface area contributed by atoms with Crippen LogP contribution in [0.2, 0.25) is 0 Å². The molecule has 148 valence electrons. The van der Waals surface area contributed by atoms with Crippen LogP contribution >= 0.6 is 12.6 Å². The van der Waals surface area contributed by atoms with E-state index >= 15 is 0 Å². The van der Waals surface area contributed by atoms with Crippen LogP contribution in [-0.2, 0) is 24.0 Å². The van der Waals surface area contributed by atoms with Gasteiger partial charge in [0, 0.05) is 12.2 Å². The van der Waals surface area contributed by atoms with E-state index in [2.05, 4.69) is 28.6 Å². The summed E-state index contributed by atoms with van der Waals surface area (Å²) in [4.78, 5) is 57.4. The van der Waals surface area contributed by atoms with Crippen molar-refractivity contribution < 1.29 is 34.2 Å². The molecule has 0 fully saturated rings. The van der Waals surface area contributed by atoms with E-state index in [0.29, 0.717) is 0 Å². The van der Waals surface area contributed by atoms with Crippen LogP contribution in [0.1, 0.15) is 26.7 Å². The van der Waals surface area contributed by atoms with Crippen molar-refractivity contribution in [2.75, 3.05) is 5.75 Å². The molecule has 0 heterocycles. The summed E-state index contributed by atoms with van der Waals surface area (Å²) in [5, 5.41) is 24.3. The number of carbonyl (C=O) groups is 5. The third-order valence-electron chi connectivity index (χ3n) is 3.29. The molecular weight excluding hydrogens is 368 g/mol. The van der Waals surface area contributed by atoms with E-state index in [1.807, 2.05) is 0 Å². The first-order chi connectivity index (χ1) is 12.0. The minimum absolute atomic E-state index is 0.0664. The Labute approximate surface area is 155 Å². The quantitative estimate of drug-likeness (QED) is 0.191. The van der Waals surface area contributed by atoms with Gasteiger partial charge in [-0.15, -0.1) is 0 Å². The van der Waals surface area contributed by atoms with Gasteiger partial charge in [0.25, 0.3) is 0 Å². The fraction of sp³-hybridized carbons (Fsp3) is 0.643. The summed E-state index contributed by atoms with van der Waals surface area (Å²) in [5.74, 6) is -4.63. The number of hydrogen-bond acceptors (Lipinski definition) is 7. The molecule has 0 aromatic heterocycles. The van der Waals surface area contributed by atoms with Crippen LogP contribution in [0.5, 0.6) is 0 Å². The van der Waals surface area contributed by atoms with Crippen LogP contribution in [0.4, 0.5) is 0 Å². The van der Waals surface area contributed by atoms with E-state index in [9.17, 15) is 24.0 Å². The van der Waals surface area contributed by atoms with Crippen LogP contribution in [0, 0.1) is 0 Å². The van der Waals surface area contributed by atoms with Gasteiger partial charge in [0.05, 0.1) is 6.04 Å². The molecule has 0 aromatic carbocycles. The second-order valence-corrected chi connectivity index (χ2v) is 5.95. The summed E-state index contributed by atoms with van der Waals surface area (Å²) < 4.78 is 0. The molecule has 0 saturated carbocycles. The molecular formula is C14H24N4O7S. The van der Waals surface area contributed by atoms with Crippen molar-refractivity contribution in [1.29, 1.82) is 0 Å². The normalized spacial score (nSPS) is 15.1. The first kappa shape index (κ1) is 23.7. The van der Waals surface area contributed by atoms with Crippen LogP contribution in [0.15, 0.2) is 0 Å².